The third-order valence-electron chi connectivity index (χ3n) is 4.58. The predicted molar refractivity (Wildman–Crippen MR) is 95.3 cm³/mol. The summed E-state index contributed by atoms with van der Waals surface area (Å²) >= 11 is 0. The molecule has 2 aromatic carbocycles. The monoisotopic (exact) mass is 389 g/mol. The Morgan fingerprint density at radius 3 is 2.25 bits per heavy atom. The van der Waals surface area contributed by atoms with E-state index in [9.17, 15) is 13.6 Å². The maximum Gasteiger partial charge on any atom is 1.00 e. The molecule has 1 N–H and O–H groups in total. The van der Waals surface area contributed by atoms with E-state index in [1.54, 1.807) is 0 Å². The third-order valence-corrected chi connectivity index (χ3v) is 4.58. The van der Waals surface area contributed by atoms with Crippen molar-refractivity contribution in [2.24, 2.45) is 0 Å². The Hall–Kier alpha value is -1.99. The standard InChI is InChI=1S/C21H15F2N2O.Na.H2O/c22-18-2-1-3-19(23)20(18)21-24-10-13(11-25-21)8-15-6-7-16(14-4-5-14)9-17(15)12-26;;/h1-3,6-7,9-11,14H,4-5,8H2;;1H2/q-1;+1;/p-1. The molecule has 0 amide bonds. The van der Waals surface area contributed by atoms with Crippen LogP contribution in [0.25, 0.3) is 11.4 Å². The smallest absolute Gasteiger partial charge is 0.870 e. The summed E-state index contributed by atoms with van der Waals surface area (Å²) in [5.41, 5.74) is 3.06. The van der Waals surface area contributed by atoms with Gasteiger partial charge in [-0.2, -0.15) is 6.07 Å². The van der Waals surface area contributed by atoms with E-state index < -0.39 is 11.6 Å². The van der Waals surface area contributed by atoms with Crippen molar-refractivity contribution in [2.45, 2.75) is 25.2 Å². The van der Waals surface area contributed by atoms with Gasteiger partial charge in [0, 0.05) is 12.4 Å². The van der Waals surface area contributed by atoms with Gasteiger partial charge in [0.1, 0.15) is 11.6 Å². The van der Waals surface area contributed by atoms with E-state index >= 15 is 0 Å². The summed E-state index contributed by atoms with van der Waals surface area (Å²) in [7, 11) is 0. The Labute approximate surface area is 183 Å². The molecule has 138 valence electrons. The van der Waals surface area contributed by atoms with Gasteiger partial charge < -0.3 is 10.3 Å². The first-order valence-electron chi connectivity index (χ1n) is 8.42. The fourth-order valence-corrected chi connectivity index (χ4v) is 3.02. The normalized spacial score (nSPS) is 12.6. The summed E-state index contributed by atoms with van der Waals surface area (Å²) in [5, 5.41) is 0. The van der Waals surface area contributed by atoms with Crippen LogP contribution in [0.2, 0.25) is 0 Å². The van der Waals surface area contributed by atoms with Crippen LogP contribution in [0.5, 0.6) is 0 Å². The minimum atomic E-state index is -0.703. The van der Waals surface area contributed by atoms with Crippen molar-refractivity contribution in [3.8, 4) is 11.4 Å². The molecule has 3 aromatic rings. The van der Waals surface area contributed by atoms with Crippen LogP contribution in [0.1, 0.15) is 41.0 Å². The third kappa shape index (κ3) is 4.70. The molecule has 4 rings (SSSR count). The molecule has 1 saturated carbocycles. The van der Waals surface area contributed by atoms with Crippen molar-refractivity contribution in [1.82, 2.24) is 9.97 Å². The second kappa shape index (κ2) is 9.47. The Morgan fingerprint density at radius 1 is 1.04 bits per heavy atom. The molecule has 28 heavy (non-hydrogen) atoms. The Morgan fingerprint density at radius 2 is 1.68 bits per heavy atom. The number of nitrogens with zero attached hydrogens (tertiary/aromatic N) is 2. The minimum absolute atomic E-state index is 0. The predicted octanol–water partition coefficient (Wildman–Crippen LogP) is 1.17. The second-order valence-electron chi connectivity index (χ2n) is 6.48. The van der Waals surface area contributed by atoms with E-state index in [1.807, 2.05) is 24.5 Å². The van der Waals surface area contributed by atoms with Crippen LogP contribution < -0.4 is 29.6 Å². The SMILES string of the molecule is O=[C-]c1cc(C2CC2)ccc1Cc1cnc(-c2c(F)cccc2F)nc1.[Na+].[OH-]. The summed E-state index contributed by atoms with van der Waals surface area (Å²) in [6, 6.07) is 9.50. The zero-order chi connectivity index (χ0) is 18.1. The molecule has 0 bridgehead atoms. The molecule has 1 fully saturated rings. The average Bonchev–Trinajstić information content (AvgIpc) is 3.48. The van der Waals surface area contributed by atoms with Crippen molar-refractivity contribution in [2.75, 3.05) is 0 Å². The van der Waals surface area contributed by atoms with Gasteiger partial charge in [0.05, 0.1) is 11.8 Å². The molecular formula is C21H16F2N2NaO2-. The number of halogens is 2. The molecule has 4 nitrogen and oxygen atoms in total. The van der Waals surface area contributed by atoms with Crippen LogP contribution in [0.15, 0.2) is 48.8 Å². The first-order valence-corrected chi connectivity index (χ1v) is 8.42. The maximum absolute atomic E-state index is 13.8. The van der Waals surface area contributed by atoms with E-state index in [4.69, 9.17) is 0 Å². The van der Waals surface area contributed by atoms with E-state index in [0.29, 0.717) is 17.9 Å². The van der Waals surface area contributed by atoms with Gasteiger partial charge in [-0.3, -0.25) is 0 Å². The molecule has 0 aliphatic heterocycles. The van der Waals surface area contributed by atoms with Gasteiger partial charge in [0.25, 0.3) is 0 Å². The van der Waals surface area contributed by atoms with E-state index in [2.05, 4.69) is 9.97 Å². The topological polar surface area (TPSA) is 72.8 Å². The first kappa shape index (κ1) is 22.3. The number of aromatic nitrogens is 2. The number of hydrogen-bond donors (Lipinski definition) is 0. The van der Waals surface area contributed by atoms with Crippen LogP contribution in [-0.4, -0.2) is 21.7 Å². The molecule has 0 unspecified atom stereocenters. The van der Waals surface area contributed by atoms with Crippen molar-refractivity contribution in [1.29, 1.82) is 0 Å². The Kier molecular flexibility index (Phi) is 7.55. The van der Waals surface area contributed by atoms with Crippen LogP contribution >= 0.6 is 0 Å². The Bertz CT molecular complexity index is 956. The number of hydrogen-bond acceptors (Lipinski definition) is 4. The van der Waals surface area contributed by atoms with E-state index in [-0.39, 0.29) is 46.4 Å². The molecule has 0 atom stereocenters. The summed E-state index contributed by atoms with van der Waals surface area (Å²) < 4.78 is 27.7. The largest absolute Gasteiger partial charge is 1.00 e. The number of carbonyl (C=O) groups excluding carboxylic acids is 1. The van der Waals surface area contributed by atoms with Crippen molar-refractivity contribution in [3.63, 3.8) is 0 Å². The molecule has 0 spiro atoms. The summed E-state index contributed by atoms with van der Waals surface area (Å²) in [6.45, 7) is 0. The summed E-state index contributed by atoms with van der Waals surface area (Å²) in [4.78, 5) is 19.5. The molecule has 0 radical (unpaired) electrons. The van der Waals surface area contributed by atoms with Crippen LogP contribution in [-0.2, 0) is 11.2 Å². The van der Waals surface area contributed by atoms with Crippen LogP contribution in [0, 0.1) is 11.6 Å². The van der Waals surface area contributed by atoms with Crippen molar-refractivity contribution >= 4 is 6.29 Å². The van der Waals surface area contributed by atoms with Crippen molar-refractivity contribution < 1.29 is 48.6 Å². The minimum Gasteiger partial charge on any atom is -0.870 e. The van der Waals surface area contributed by atoms with Gasteiger partial charge in [-0.1, -0.05) is 12.1 Å². The van der Waals surface area contributed by atoms with E-state index in [0.717, 1.165) is 11.1 Å². The zero-order valence-corrected chi connectivity index (χ0v) is 17.3. The number of benzene rings is 2. The Balaban J connectivity index is 0.00000140. The molecule has 0 saturated heterocycles. The number of rotatable bonds is 5. The van der Waals surface area contributed by atoms with Crippen LogP contribution in [0.3, 0.4) is 0 Å². The maximum atomic E-state index is 13.8. The van der Waals surface area contributed by atoms with Gasteiger partial charge in [0.15, 0.2) is 5.82 Å². The molecule has 1 heterocycles. The van der Waals surface area contributed by atoms with E-state index in [1.165, 1.54) is 49.0 Å². The molecule has 7 heteroatoms. The van der Waals surface area contributed by atoms with Gasteiger partial charge >= 0.3 is 29.6 Å². The molecule has 1 aliphatic rings. The second-order valence-corrected chi connectivity index (χ2v) is 6.48. The molecule has 1 aliphatic carbocycles. The average molecular weight is 389 g/mol. The molecular weight excluding hydrogens is 373 g/mol. The van der Waals surface area contributed by atoms with Gasteiger partial charge in [-0.15, -0.1) is 22.8 Å². The fourth-order valence-electron chi connectivity index (χ4n) is 3.02. The first-order chi connectivity index (χ1) is 12.7. The van der Waals surface area contributed by atoms with Crippen molar-refractivity contribution in [3.05, 3.63) is 82.7 Å². The van der Waals surface area contributed by atoms with Gasteiger partial charge in [-0.05, 0) is 42.9 Å². The quantitative estimate of drug-likeness (QED) is 0.485. The molecule has 1 aromatic heterocycles. The van der Waals surface area contributed by atoms with Gasteiger partial charge in [-0.25, -0.2) is 18.7 Å². The van der Waals surface area contributed by atoms with Crippen LogP contribution in [0.4, 0.5) is 8.78 Å². The zero-order valence-electron chi connectivity index (χ0n) is 15.3. The summed E-state index contributed by atoms with van der Waals surface area (Å²) in [6.07, 6.45) is 7.84. The van der Waals surface area contributed by atoms with Gasteiger partial charge in [0.2, 0.25) is 0 Å². The summed E-state index contributed by atoms with van der Waals surface area (Å²) in [5.74, 6) is -0.845. The fraction of sp³-hybridized carbons (Fsp3) is 0.190.